The van der Waals surface area contributed by atoms with E-state index < -0.39 is 5.97 Å². The van der Waals surface area contributed by atoms with E-state index in [1.807, 2.05) is 25.1 Å². The van der Waals surface area contributed by atoms with Crippen LogP contribution in [0, 0.1) is 6.92 Å². The van der Waals surface area contributed by atoms with Crippen molar-refractivity contribution in [2.45, 2.75) is 13.5 Å². The molecule has 0 aromatic heterocycles. The van der Waals surface area contributed by atoms with Crippen LogP contribution in [-0.4, -0.2) is 11.1 Å². The molecule has 0 bridgehead atoms. The summed E-state index contributed by atoms with van der Waals surface area (Å²) < 4.78 is 0. The highest BCUT2D eigenvalue weighted by Gasteiger charge is 2.07. The van der Waals surface area contributed by atoms with Crippen molar-refractivity contribution in [3.05, 3.63) is 59.2 Å². The van der Waals surface area contributed by atoms with Gasteiger partial charge in [0.1, 0.15) is 0 Å². The lowest BCUT2D eigenvalue weighted by molar-refractivity contribution is 0.0698. The van der Waals surface area contributed by atoms with Gasteiger partial charge in [0.15, 0.2) is 0 Å². The van der Waals surface area contributed by atoms with Crippen LogP contribution in [0.4, 0.5) is 11.4 Å². The zero-order valence-electron chi connectivity index (χ0n) is 10.7. The predicted molar refractivity (Wildman–Crippen MR) is 76.3 cm³/mol. The number of carbonyl (C=O) groups is 1. The Hall–Kier alpha value is -2.49. The summed E-state index contributed by atoms with van der Waals surface area (Å²) in [6, 6.07) is 13.1. The number of nitrogen functional groups attached to an aromatic ring is 1. The zero-order chi connectivity index (χ0) is 13.8. The predicted octanol–water partition coefficient (Wildman–Crippen LogP) is 2.89. The van der Waals surface area contributed by atoms with E-state index in [0.29, 0.717) is 6.54 Å². The molecule has 2 aromatic carbocycles. The van der Waals surface area contributed by atoms with Crippen molar-refractivity contribution >= 4 is 17.3 Å². The van der Waals surface area contributed by atoms with Gasteiger partial charge in [-0.1, -0.05) is 29.8 Å². The number of carboxylic acid groups (broad SMARTS) is 1. The van der Waals surface area contributed by atoms with E-state index in [9.17, 15) is 4.79 Å². The Morgan fingerprint density at radius 2 is 2.05 bits per heavy atom. The van der Waals surface area contributed by atoms with E-state index >= 15 is 0 Å². The molecule has 2 rings (SSSR count). The fraction of sp³-hybridized carbons (Fsp3) is 0.133. The molecule has 0 aliphatic heterocycles. The summed E-state index contributed by atoms with van der Waals surface area (Å²) in [5.74, 6) is -1.01. The minimum absolute atomic E-state index is 0.126. The first-order valence-electron chi connectivity index (χ1n) is 5.98. The molecule has 0 unspecified atom stereocenters. The van der Waals surface area contributed by atoms with Crippen molar-refractivity contribution in [3.8, 4) is 0 Å². The maximum atomic E-state index is 10.8. The first kappa shape index (κ1) is 13.0. The van der Waals surface area contributed by atoms with E-state index in [-0.39, 0.29) is 11.3 Å². The summed E-state index contributed by atoms with van der Waals surface area (Å²) in [7, 11) is 0. The molecule has 98 valence electrons. The number of aromatic carboxylic acids is 1. The van der Waals surface area contributed by atoms with Crippen molar-refractivity contribution in [3.63, 3.8) is 0 Å². The van der Waals surface area contributed by atoms with E-state index in [1.54, 1.807) is 12.1 Å². The average molecular weight is 256 g/mol. The van der Waals surface area contributed by atoms with Crippen LogP contribution in [0.5, 0.6) is 0 Å². The number of carboxylic acids is 1. The van der Waals surface area contributed by atoms with Gasteiger partial charge >= 0.3 is 5.97 Å². The normalized spacial score (nSPS) is 10.2. The first-order valence-corrected chi connectivity index (χ1v) is 5.98. The van der Waals surface area contributed by atoms with Gasteiger partial charge in [-0.05, 0) is 30.7 Å². The molecule has 2 aromatic rings. The van der Waals surface area contributed by atoms with Crippen LogP contribution in [0.2, 0.25) is 0 Å². The fourth-order valence-corrected chi connectivity index (χ4v) is 1.89. The third kappa shape index (κ3) is 3.25. The second-order valence-corrected chi connectivity index (χ2v) is 4.45. The number of rotatable bonds is 4. The lowest BCUT2D eigenvalue weighted by Crippen LogP contribution is -2.04. The van der Waals surface area contributed by atoms with E-state index in [2.05, 4.69) is 11.4 Å². The number of benzene rings is 2. The van der Waals surface area contributed by atoms with Gasteiger partial charge in [0.25, 0.3) is 0 Å². The van der Waals surface area contributed by atoms with E-state index in [4.69, 9.17) is 10.8 Å². The van der Waals surface area contributed by atoms with Crippen LogP contribution in [-0.2, 0) is 6.54 Å². The van der Waals surface area contributed by atoms with Gasteiger partial charge in [0, 0.05) is 17.9 Å². The molecule has 0 radical (unpaired) electrons. The molecule has 0 fully saturated rings. The Morgan fingerprint density at radius 1 is 1.26 bits per heavy atom. The Morgan fingerprint density at radius 3 is 2.68 bits per heavy atom. The van der Waals surface area contributed by atoms with Gasteiger partial charge in [-0.25, -0.2) is 4.79 Å². The molecule has 0 amide bonds. The molecular formula is C15H16N2O2. The zero-order valence-corrected chi connectivity index (χ0v) is 10.7. The number of nitrogens with one attached hydrogen (secondary N) is 1. The number of hydrogen-bond acceptors (Lipinski definition) is 3. The second-order valence-electron chi connectivity index (χ2n) is 4.45. The minimum Gasteiger partial charge on any atom is -0.478 e. The number of aryl methyl sites for hydroxylation is 1. The summed E-state index contributed by atoms with van der Waals surface area (Å²) in [4.78, 5) is 10.8. The van der Waals surface area contributed by atoms with Crippen LogP contribution in [0.3, 0.4) is 0 Å². The molecule has 0 saturated heterocycles. The summed E-state index contributed by atoms with van der Waals surface area (Å²) in [5.41, 5.74) is 9.27. The van der Waals surface area contributed by atoms with Gasteiger partial charge in [-0.15, -0.1) is 0 Å². The number of hydrogen-bond donors (Lipinski definition) is 3. The summed E-state index contributed by atoms with van der Waals surface area (Å²) >= 11 is 0. The molecule has 4 nitrogen and oxygen atoms in total. The molecule has 0 aliphatic carbocycles. The highest BCUT2D eigenvalue weighted by molar-refractivity contribution is 5.94. The number of anilines is 2. The third-order valence-electron chi connectivity index (χ3n) is 2.86. The number of nitrogens with two attached hydrogens (primary N) is 1. The van der Waals surface area contributed by atoms with Crippen molar-refractivity contribution in [1.29, 1.82) is 0 Å². The van der Waals surface area contributed by atoms with Gasteiger partial charge < -0.3 is 16.2 Å². The molecule has 4 heteroatoms. The Bertz CT molecular complexity index is 609. The summed E-state index contributed by atoms with van der Waals surface area (Å²) in [6.07, 6.45) is 0. The van der Waals surface area contributed by atoms with Crippen LogP contribution in [0.1, 0.15) is 21.5 Å². The molecule has 19 heavy (non-hydrogen) atoms. The Labute approximate surface area is 111 Å². The molecule has 0 atom stereocenters. The Balaban J connectivity index is 2.08. The smallest absolute Gasteiger partial charge is 0.337 e. The van der Waals surface area contributed by atoms with Gasteiger partial charge in [-0.3, -0.25) is 0 Å². The van der Waals surface area contributed by atoms with E-state index in [1.165, 1.54) is 17.2 Å². The third-order valence-corrected chi connectivity index (χ3v) is 2.86. The maximum absolute atomic E-state index is 10.8. The van der Waals surface area contributed by atoms with Gasteiger partial charge in [-0.2, -0.15) is 0 Å². The molecule has 0 aliphatic rings. The van der Waals surface area contributed by atoms with Crippen LogP contribution in [0.15, 0.2) is 42.5 Å². The first-order chi connectivity index (χ1) is 9.06. The molecule has 0 saturated carbocycles. The molecule has 0 heterocycles. The molecule has 4 N–H and O–H groups in total. The standard InChI is InChI=1S/C15H16N2O2/c1-10-3-2-4-11(7-10)9-17-12-5-6-13(15(18)19)14(16)8-12/h2-8,17H,9,16H2,1H3,(H,18,19). The highest BCUT2D eigenvalue weighted by Crippen LogP contribution is 2.18. The SMILES string of the molecule is Cc1cccc(CNc2ccc(C(=O)O)c(N)c2)c1. The van der Waals surface area contributed by atoms with Crippen LogP contribution in [0.25, 0.3) is 0 Å². The lowest BCUT2D eigenvalue weighted by atomic mass is 10.1. The summed E-state index contributed by atoms with van der Waals surface area (Å²) in [6.45, 7) is 2.72. The van der Waals surface area contributed by atoms with Crippen molar-refractivity contribution in [2.75, 3.05) is 11.1 Å². The van der Waals surface area contributed by atoms with Crippen molar-refractivity contribution < 1.29 is 9.90 Å². The minimum atomic E-state index is -1.01. The maximum Gasteiger partial charge on any atom is 0.337 e. The average Bonchev–Trinajstić information content (AvgIpc) is 2.36. The quantitative estimate of drug-likeness (QED) is 0.735. The fourth-order valence-electron chi connectivity index (χ4n) is 1.89. The highest BCUT2D eigenvalue weighted by atomic mass is 16.4. The topological polar surface area (TPSA) is 75.3 Å². The largest absolute Gasteiger partial charge is 0.478 e. The van der Waals surface area contributed by atoms with Crippen molar-refractivity contribution in [2.24, 2.45) is 0 Å². The van der Waals surface area contributed by atoms with Gasteiger partial charge in [0.2, 0.25) is 0 Å². The molecule has 0 spiro atoms. The lowest BCUT2D eigenvalue weighted by Gasteiger charge is -2.09. The second kappa shape index (κ2) is 5.44. The van der Waals surface area contributed by atoms with Crippen LogP contribution >= 0.6 is 0 Å². The molecular weight excluding hydrogens is 240 g/mol. The van der Waals surface area contributed by atoms with Crippen LogP contribution < -0.4 is 11.1 Å². The monoisotopic (exact) mass is 256 g/mol. The van der Waals surface area contributed by atoms with Gasteiger partial charge in [0.05, 0.1) is 5.56 Å². The summed E-state index contributed by atoms with van der Waals surface area (Å²) in [5, 5.41) is 12.1. The Kier molecular flexibility index (Phi) is 3.71. The van der Waals surface area contributed by atoms with Crippen molar-refractivity contribution in [1.82, 2.24) is 0 Å². The van der Waals surface area contributed by atoms with E-state index in [0.717, 1.165) is 5.69 Å².